The first kappa shape index (κ1) is 18.9. The molecule has 0 saturated carbocycles. The first-order chi connectivity index (χ1) is 11.1. The molecule has 0 bridgehead atoms. The summed E-state index contributed by atoms with van der Waals surface area (Å²) in [5, 5.41) is 6.91. The summed E-state index contributed by atoms with van der Waals surface area (Å²) in [6.07, 6.45) is 5.44. The van der Waals surface area contributed by atoms with Gasteiger partial charge in [0.05, 0.1) is 0 Å². The van der Waals surface area contributed by atoms with Crippen LogP contribution in [0.15, 0.2) is 29.4 Å². The Morgan fingerprint density at radius 3 is 2.22 bits per heavy atom. The number of anilines is 1. The molecule has 0 aliphatic carbocycles. The van der Waals surface area contributed by atoms with Gasteiger partial charge in [-0.2, -0.15) is 5.10 Å². The van der Waals surface area contributed by atoms with E-state index in [9.17, 15) is 9.59 Å². The van der Waals surface area contributed by atoms with E-state index in [1.54, 1.807) is 24.3 Å². The van der Waals surface area contributed by atoms with E-state index in [0.29, 0.717) is 17.7 Å². The van der Waals surface area contributed by atoms with Crippen molar-refractivity contribution < 1.29 is 9.59 Å². The van der Waals surface area contributed by atoms with Crippen LogP contribution in [0, 0.1) is 0 Å². The fourth-order valence-corrected chi connectivity index (χ4v) is 1.97. The van der Waals surface area contributed by atoms with Crippen LogP contribution in [0.4, 0.5) is 5.69 Å². The van der Waals surface area contributed by atoms with Crippen molar-refractivity contribution >= 4 is 23.2 Å². The van der Waals surface area contributed by atoms with Crippen molar-refractivity contribution in [3.63, 3.8) is 0 Å². The number of carbonyl (C=O) groups excluding carboxylic acids is 2. The van der Waals surface area contributed by atoms with Crippen molar-refractivity contribution in [2.75, 3.05) is 5.32 Å². The van der Waals surface area contributed by atoms with Crippen molar-refractivity contribution in [2.45, 2.75) is 59.3 Å². The topological polar surface area (TPSA) is 70.6 Å². The van der Waals surface area contributed by atoms with E-state index in [1.165, 1.54) is 0 Å². The average molecular weight is 317 g/mol. The van der Waals surface area contributed by atoms with E-state index in [-0.39, 0.29) is 11.8 Å². The molecule has 0 aromatic heterocycles. The monoisotopic (exact) mass is 317 g/mol. The highest BCUT2D eigenvalue weighted by atomic mass is 16.2. The largest absolute Gasteiger partial charge is 0.326 e. The molecule has 0 atom stereocenters. The van der Waals surface area contributed by atoms with Crippen molar-refractivity contribution in [1.82, 2.24) is 5.43 Å². The smallest absolute Gasteiger partial charge is 0.271 e. The van der Waals surface area contributed by atoms with Gasteiger partial charge in [-0.1, -0.05) is 26.7 Å². The van der Waals surface area contributed by atoms with Gasteiger partial charge in [0.2, 0.25) is 5.91 Å². The maximum absolute atomic E-state index is 12.0. The summed E-state index contributed by atoms with van der Waals surface area (Å²) in [5.74, 6) is -0.245. The lowest BCUT2D eigenvalue weighted by molar-refractivity contribution is -0.116. The Labute approximate surface area is 138 Å². The Morgan fingerprint density at radius 1 is 1.00 bits per heavy atom. The molecule has 1 aromatic carbocycles. The van der Waals surface area contributed by atoms with Gasteiger partial charge in [-0.25, -0.2) is 5.43 Å². The molecule has 2 amide bonds. The third-order valence-electron chi connectivity index (χ3n) is 3.43. The molecular formula is C18H27N3O2. The molecule has 0 radical (unpaired) electrons. The minimum absolute atomic E-state index is 0.000186. The second-order valence-electron chi connectivity index (χ2n) is 5.62. The first-order valence-corrected chi connectivity index (χ1v) is 8.30. The Morgan fingerprint density at radius 2 is 1.61 bits per heavy atom. The second-order valence-corrected chi connectivity index (χ2v) is 5.62. The van der Waals surface area contributed by atoms with Gasteiger partial charge in [0, 0.05) is 23.4 Å². The van der Waals surface area contributed by atoms with Crippen LogP contribution >= 0.6 is 0 Å². The third kappa shape index (κ3) is 7.58. The van der Waals surface area contributed by atoms with Crippen LogP contribution in [-0.4, -0.2) is 17.5 Å². The normalized spacial score (nSPS) is 11.2. The van der Waals surface area contributed by atoms with Crippen LogP contribution in [0.25, 0.3) is 0 Å². The SMILES string of the molecule is CCCCC(=O)Nc1ccc(C(=O)NN=C(C)CCCC)cc1. The lowest BCUT2D eigenvalue weighted by Crippen LogP contribution is -2.19. The standard InChI is InChI=1S/C18H27N3O2/c1-4-6-8-14(3)20-21-18(23)15-10-12-16(13-11-15)19-17(22)9-7-5-2/h10-13H,4-9H2,1-3H3,(H,19,22)(H,21,23). The number of hydrogen-bond acceptors (Lipinski definition) is 3. The molecule has 1 aromatic rings. The van der Waals surface area contributed by atoms with Gasteiger partial charge in [-0.3, -0.25) is 9.59 Å². The summed E-state index contributed by atoms with van der Waals surface area (Å²) in [6, 6.07) is 6.82. The first-order valence-electron chi connectivity index (χ1n) is 8.30. The van der Waals surface area contributed by atoms with E-state index >= 15 is 0 Å². The zero-order chi connectivity index (χ0) is 17.1. The van der Waals surface area contributed by atoms with Gasteiger partial charge in [0.15, 0.2) is 0 Å². The Balaban J connectivity index is 2.52. The van der Waals surface area contributed by atoms with E-state index < -0.39 is 0 Å². The molecule has 0 heterocycles. The molecule has 2 N–H and O–H groups in total. The lowest BCUT2D eigenvalue weighted by Gasteiger charge is -2.06. The average Bonchev–Trinajstić information content (AvgIpc) is 2.56. The number of amides is 2. The number of hydrazone groups is 1. The molecule has 0 saturated heterocycles. The van der Waals surface area contributed by atoms with Gasteiger partial charge >= 0.3 is 0 Å². The Hall–Kier alpha value is -2.17. The van der Waals surface area contributed by atoms with Gasteiger partial charge in [0.25, 0.3) is 5.91 Å². The highest BCUT2D eigenvalue weighted by Gasteiger charge is 2.06. The molecule has 5 nitrogen and oxygen atoms in total. The number of unbranched alkanes of at least 4 members (excludes halogenated alkanes) is 2. The molecule has 0 fully saturated rings. The summed E-state index contributed by atoms with van der Waals surface area (Å²) >= 11 is 0. The van der Waals surface area contributed by atoms with E-state index in [1.807, 2.05) is 13.8 Å². The van der Waals surface area contributed by atoms with Gasteiger partial charge in [0.1, 0.15) is 0 Å². The predicted molar refractivity (Wildman–Crippen MR) is 94.7 cm³/mol. The van der Waals surface area contributed by atoms with Crippen LogP contribution < -0.4 is 10.7 Å². The molecule has 126 valence electrons. The molecule has 0 aliphatic heterocycles. The summed E-state index contributed by atoms with van der Waals surface area (Å²) < 4.78 is 0. The number of nitrogens with one attached hydrogen (secondary N) is 2. The molecule has 0 unspecified atom stereocenters. The lowest BCUT2D eigenvalue weighted by atomic mass is 10.2. The molecule has 0 spiro atoms. The molecule has 1 rings (SSSR count). The fraction of sp³-hybridized carbons (Fsp3) is 0.500. The zero-order valence-electron chi connectivity index (χ0n) is 14.3. The fourth-order valence-electron chi connectivity index (χ4n) is 1.97. The summed E-state index contributed by atoms with van der Waals surface area (Å²) in [6.45, 7) is 6.08. The van der Waals surface area contributed by atoms with Crippen LogP contribution in [0.5, 0.6) is 0 Å². The van der Waals surface area contributed by atoms with Crippen LogP contribution in [0.3, 0.4) is 0 Å². The molecule has 5 heteroatoms. The summed E-state index contributed by atoms with van der Waals surface area (Å²) in [7, 11) is 0. The van der Waals surface area contributed by atoms with Gasteiger partial charge in [-0.05, 0) is 50.5 Å². The summed E-state index contributed by atoms with van der Waals surface area (Å²) in [4.78, 5) is 23.6. The van der Waals surface area contributed by atoms with E-state index in [4.69, 9.17) is 0 Å². The summed E-state index contributed by atoms with van der Waals surface area (Å²) in [5.41, 5.74) is 4.69. The maximum Gasteiger partial charge on any atom is 0.271 e. The van der Waals surface area contributed by atoms with Crippen LogP contribution in [0.1, 0.15) is 69.7 Å². The van der Waals surface area contributed by atoms with Crippen LogP contribution in [-0.2, 0) is 4.79 Å². The van der Waals surface area contributed by atoms with E-state index in [0.717, 1.165) is 37.8 Å². The number of nitrogens with zero attached hydrogens (tertiary/aromatic N) is 1. The number of carbonyl (C=O) groups is 2. The molecular weight excluding hydrogens is 290 g/mol. The van der Waals surface area contributed by atoms with Crippen LogP contribution in [0.2, 0.25) is 0 Å². The quantitative estimate of drug-likeness (QED) is 0.531. The van der Waals surface area contributed by atoms with Crippen molar-refractivity contribution in [1.29, 1.82) is 0 Å². The number of rotatable bonds is 9. The number of benzene rings is 1. The van der Waals surface area contributed by atoms with Crippen molar-refractivity contribution in [3.05, 3.63) is 29.8 Å². The minimum Gasteiger partial charge on any atom is -0.326 e. The highest BCUT2D eigenvalue weighted by Crippen LogP contribution is 2.10. The molecule has 23 heavy (non-hydrogen) atoms. The maximum atomic E-state index is 12.0. The Kier molecular flexibility index (Phi) is 8.65. The third-order valence-corrected chi connectivity index (χ3v) is 3.43. The van der Waals surface area contributed by atoms with E-state index in [2.05, 4.69) is 22.8 Å². The zero-order valence-corrected chi connectivity index (χ0v) is 14.3. The van der Waals surface area contributed by atoms with Gasteiger partial charge in [-0.15, -0.1) is 0 Å². The predicted octanol–water partition coefficient (Wildman–Crippen LogP) is 4.11. The van der Waals surface area contributed by atoms with Crippen molar-refractivity contribution in [3.8, 4) is 0 Å². The highest BCUT2D eigenvalue weighted by molar-refractivity contribution is 5.96. The van der Waals surface area contributed by atoms with Crippen molar-refractivity contribution in [2.24, 2.45) is 5.10 Å². The van der Waals surface area contributed by atoms with Gasteiger partial charge < -0.3 is 5.32 Å². The second kappa shape index (κ2) is 10.5. The Bertz CT molecular complexity index is 536. The molecule has 0 aliphatic rings. The minimum atomic E-state index is -0.246. The number of hydrogen-bond donors (Lipinski definition) is 2.